The van der Waals surface area contributed by atoms with E-state index in [4.69, 9.17) is 5.73 Å². The van der Waals surface area contributed by atoms with Crippen molar-refractivity contribution >= 4 is 22.4 Å². The van der Waals surface area contributed by atoms with Gasteiger partial charge in [-0.2, -0.15) is 0 Å². The fourth-order valence-corrected chi connectivity index (χ4v) is 5.33. The topological polar surface area (TPSA) is 63.3 Å². The number of carboxylic acids is 1. The molecule has 0 atom stereocenters. The van der Waals surface area contributed by atoms with Crippen molar-refractivity contribution in [3.05, 3.63) is 139 Å². The molecule has 6 aromatic rings. The summed E-state index contributed by atoms with van der Waals surface area (Å²) in [6, 6.07) is 44.7. The molecule has 0 saturated carbocycles. The van der Waals surface area contributed by atoms with Crippen LogP contribution in [0, 0.1) is 0 Å². The monoisotopic (exact) mass is 491 g/mol. The molecule has 0 aromatic heterocycles. The van der Waals surface area contributed by atoms with Crippen LogP contribution in [-0.2, 0) is 0 Å². The molecule has 0 bridgehead atoms. The van der Waals surface area contributed by atoms with Gasteiger partial charge >= 0.3 is 5.97 Å². The van der Waals surface area contributed by atoms with E-state index < -0.39 is 5.97 Å². The Morgan fingerprint density at radius 2 is 0.789 bits per heavy atom. The number of hydrogen-bond acceptors (Lipinski definition) is 2. The first-order chi connectivity index (χ1) is 18.6. The van der Waals surface area contributed by atoms with Crippen molar-refractivity contribution in [2.24, 2.45) is 0 Å². The Morgan fingerprint density at radius 3 is 1.13 bits per heavy atom. The minimum absolute atomic E-state index is 0.0974. The van der Waals surface area contributed by atoms with Gasteiger partial charge in [-0.25, -0.2) is 4.79 Å². The van der Waals surface area contributed by atoms with Crippen LogP contribution in [-0.4, -0.2) is 11.1 Å². The molecule has 0 radical (unpaired) electrons. The molecule has 0 fully saturated rings. The molecule has 0 amide bonds. The molecule has 3 N–H and O–H groups in total. The van der Waals surface area contributed by atoms with Crippen LogP contribution in [0.4, 0.5) is 5.69 Å². The maximum atomic E-state index is 12.2. The highest BCUT2D eigenvalue weighted by Crippen LogP contribution is 2.51. The number of benzene rings is 6. The lowest BCUT2D eigenvalue weighted by atomic mass is 9.78. The summed E-state index contributed by atoms with van der Waals surface area (Å²) in [5, 5.41) is 11.8. The molecule has 3 heteroatoms. The highest BCUT2D eigenvalue weighted by Gasteiger charge is 2.25. The van der Waals surface area contributed by atoms with Crippen molar-refractivity contribution in [3.63, 3.8) is 0 Å². The largest absolute Gasteiger partial charge is 0.478 e. The molecule has 0 aliphatic heterocycles. The Hall–Kier alpha value is -5.15. The van der Waals surface area contributed by atoms with Gasteiger partial charge in [0.05, 0.1) is 5.56 Å². The van der Waals surface area contributed by atoms with Gasteiger partial charge in [0.2, 0.25) is 0 Å². The second-order valence-electron chi connectivity index (χ2n) is 9.25. The Kier molecular flexibility index (Phi) is 5.95. The third kappa shape index (κ3) is 4.00. The zero-order valence-corrected chi connectivity index (χ0v) is 20.6. The summed E-state index contributed by atoms with van der Waals surface area (Å²) < 4.78 is 0. The van der Waals surface area contributed by atoms with E-state index in [1.807, 2.05) is 78.9 Å². The van der Waals surface area contributed by atoms with Crippen LogP contribution < -0.4 is 5.73 Å². The average molecular weight is 492 g/mol. The van der Waals surface area contributed by atoms with Crippen molar-refractivity contribution in [3.8, 4) is 44.5 Å². The van der Waals surface area contributed by atoms with Crippen molar-refractivity contribution in [2.75, 3.05) is 5.73 Å². The molecule has 6 aromatic carbocycles. The van der Waals surface area contributed by atoms with Gasteiger partial charge in [-0.05, 0) is 67.4 Å². The lowest BCUT2D eigenvalue weighted by Crippen LogP contribution is -2.04. The molecule has 0 aliphatic rings. The summed E-state index contributed by atoms with van der Waals surface area (Å²) in [4.78, 5) is 12.2. The maximum Gasteiger partial charge on any atom is 0.337 e. The van der Waals surface area contributed by atoms with Crippen LogP contribution in [0.2, 0.25) is 0 Å². The Balaban J connectivity index is 1.94. The molecule has 6 rings (SSSR count). The highest BCUT2D eigenvalue weighted by molar-refractivity contribution is 6.20. The molecule has 0 saturated heterocycles. The van der Waals surface area contributed by atoms with Gasteiger partial charge in [0.1, 0.15) is 0 Å². The summed E-state index contributed by atoms with van der Waals surface area (Å²) >= 11 is 0. The number of nitrogens with two attached hydrogens (primary N) is 1. The van der Waals surface area contributed by atoms with Crippen LogP contribution in [0.3, 0.4) is 0 Å². The smallest absolute Gasteiger partial charge is 0.337 e. The normalized spacial score (nSPS) is 10.9. The second-order valence-corrected chi connectivity index (χ2v) is 9.25. The molecule has 38 heavy (non-hydrogen) atoms. The third-order valence-electron chi connectivity index (χ3n) is 6.96. The number of hydrogen-bond donors (Lipinski definition) is 2. The maximum absolute atomic E-state index is 12.2. The van der Waals surface area contributed by atoms with Gasteiger partial charge < -0.3 is 10.8 Å². The van der Waals surface area contributed by atoms with Gasteiger partial charge in [0, 0.05) is 5.69 Å². The molecule has 0 aliphatic carbocycles. The predicted molar refractivity (Wildman–Crippen MR) is 157 cm³/mol. The van der Waals surface area contributed by atoms with E-state index in [0.717, 1.165) is 55.3 Å². The van der Waals surface area contributed by atoms with Gasteiger partial charge in [-0.3, -0.25) is 0 Å². The lowest BCUT2D eigenvalue weighted by molar-refractivity contribution is 0.0698. The fourth-order valence-electron chi connectivity index (χ4n) is 5.33. The standard InChI is InChI=1S/C35H25NO2/c36-30-22-28-27(21-29(30)35(37)38)31(23-13-5-1-6-14-23)33(25-17-9-3-10-18-25)34(26-19-11-4-12-20-26)32(28)24-15-7-2-8-16-24/h1-22H,36H2,(H,37,38). The highest BCUT2D eigenvalue weighted by atomic mass is 16.4. The van der Waals surface area contributed by atoms with E-state index in [1.54, 1.807) is 6.07 Å². The van der Waals surface area contributed by atoms with Crippen LogP contribution in [0.5, 0.6) is 0 Å². The molecule has 0 heterocycles. The molecule has 0 unspecified atom stereocenters. The van der Waals surface area contributed by atoms with Crippen molar-refractivity contribution in [1.29, 1.82) is 0 Å². The van der Waals surface area contributed by atoms with Gasteiger partial charge in [0.25, 0.3) is 0 Å². The van der Waals surface area contributed by atoms with Crippen molar-refractivity contribution < 1.29 is 9.90 Å². The summed E-state index contributed by atoms with van der Waals surface area (Å²) in [5.74, 6) is -1.04. The van der Waals surface area contributed by atoms with E-state index in [-0.39, 0.29) is 11.3 Å². The van der Waals surface area contributed by atoms with E-state index in [0.29, 0.717) is 0 Å². The first-order valence-corrected chi connectivity index (χ1v) is 12.5. The average Bonchev–Trinajstić information content (AvgIpc) is 2.97. The number of carboxylic acid groups (broad SMARTS) is 1. The molecular weight excluding hydrogens is 466 g/mol. The summed E-state index contributed by atoms with van der Waals surface area (Å²) in [6.45, 7) is 0. The molecular formula is C35H25NO2. The number of aromatic carboxylic acids is 1. The summed E-state index contributed by atoms with van der Waals surface area (Å²) in [5.41, 5.74) is 15.0. The fraction of sp³-hybridized carbons (Fsp3) is 0. The minimum atomic E-state index is -1.04. The predicted octanol–water partition coefficient (Wildman–Crippen LogP) is 8.79. The van der Waals surface area contributed by atoms with Crippen LogP contribution >= 0.6 is 0 Å². The minimum Gasteiger partial charge on any atom is -0.478 e. The number of nitrogen functional groups attached to an aromatic ring is 1. The zero-order valence-electron chi connectivity index (χ0n) is 20.6. The number of fused-ring (bicyclic) bond motifs is 1. The van der Waals surface area contributed by atoms with E-state index >= 15 is 0 Å². The third-order valence-corrected chi connectivity index (χ3v) is 6.96. The molecule has 182 valence electrons. The number of rotatable bonds is 5. The molecule has 3 nitrogen and oxygen atoms in total. The Morgan fingerprint density at radius 1 is 0.474 bits per heavy atom. The van der Waals surface area contributed by atoms with E-state index in [1.165, 1.54) is 0 Å². The number of carbonyl (C=O) groups is 1. The van der Waals surface area contributed by atoms with Crippen LogP contribution in [0.15, 0.2) is 133 Å². The van der Waals surface area contributed by atoms with Crippen molar-refractivity contribution in [1.82, 2.24) is 0 Å². The lowest BCUT2D eigenvalue weighted by Gasteiger charge is -2.25. The summed E-state index contributed by atoms with van der Waals surface area (Å²) in [7, 11) is 0. The number of anilines is 1. The second kappa shape index (κ2) is 9.72. The Bertz CT molecular complexity index is 1760. The first-order valence-electron chi connectivity index (χ1n) is 12.5. The first kappa shape index (κ1) is 23.3. The quantitative estimate of drug-likeness (QED) is 0.237. The van der Waals surface area contributed by atoms with Gasteiger partial charge in [0.15, 0.2) is 0 Å². The van der Waals surface area contributed by atoms with E-state index in [9.17, 15) is 9.90 Å². The molecule has 0 spiro atoms. The van der Waals surface area contributed by atoms with Gasteiger partial charge in [-0.15, -0.1) is 0 Å². The Labute approximate surface area is 221 Å². The summed E-state index contributed by atoms with van der Waals surface area (Å²) in [6.07, 6.45) is 0. The van der Waals surface area contributed by atoms with Crippen LogP contribution in [0.25, 0.3) is 55.3 Å². The van der Waals surface area contributed by atoms with Gasteiger partial charge in [-0.1, -0.05) is 121 Å². The zero-order chi connectivity index (χ0) is 26.1. The van der Waals surface area contributed by atoms with Crippen LogP contribution in [0.1, 0.15) is 10.4 Å². The van der Waals surface area contributed by atoms with E-state index in [2.05, 4.69) is 48.5 Å². The van der Waals surface area contributed by atoms with Crippen molar-refractivity contribution in [2.45, 2.75) is 0 Å². The SMILES string of the molecule is Nc1cc2c(-c3ccccc3)c(-c3ccccc3)c(-c3ccccc3)c(-c3ccccc3)c2cc1C(=O)O.